The van der Waals surface area contributed by atoms with Crippen LogP contribution in [0.4, 0.5) is 0 Å². The van der Waals surface area contributed by atoms with Gasteiger partial charge in [-0.1, -0.05) is 20.3 Å². The van der Waals surface area contributed by atoms with Crippen LogP contribution in [0, 0.1) is 0 Å². The summed E-state index contributed by atoms with van der Waals surface area (Å²) in [6, 6.07) is 0.692. The van der Waals surface area contributed by atoms with Crippen LogP contribution < -0.4 is 0 Å². The van der Waals surface area contributed by atoms with Gasteiger partial charge in [0, 0.05) is 32.2 Å². The minimum absolute atomic E-state index is 0.193. The lowest BCUT2D eigenvalue weighted by atomic mass is 10.1. The van der Waals surface area contributed by atoms with Gasteiger partial charge in [0.25, 0.3) is 0 Å². The molecule has 0 aromatic heterocycles. The smallest absolute Gasteiger partial charge is 0.317 e. The summed E-state index contributed by atoms with van der Waals surface area (Å²) in [7, 11) is 0. The molecule has 0 amide bonds. The molecule has 1 heterocycles. The summed E-state index contributed by atoms with van der Waals surface area (Å²) in [6.07, 6.45) is 3.69. The van der Waals surface area contributed by atoms with Crippen molar-refractivity contribution in [2.45, 2.75) is 39.2 Å². The predicted octanol–water partition coefficient (Wildman–Crippen LogP) is 1.27. The van der Waals surface area contributed by atoms with Crippen molar-refractivity contribution >= 4 is 5.97 Å². The first-order valence-corrected chi connectivity index (χ1v) is 6.35. The summed E-state index contributed by atoms with van der Waals surface area (Å²) in [4.78, 5) is 15.1. The maximum atomic E-state index is 10.6. The van der Waals surface area contributed by atoms with Crippen LogP contribution >= 0.6 is 0 Å². The van der Waals surface area contributed by atoms with E-state index in [0.717, 1.165) is 26.2 Å². The highest BCUT2D eigenvalue weighted by Gasteiger charge is 2.22. The van der Waals surface area contributed by atoms with Crippen LogP contribution in [0.25, 0.3) is 0 Å². The molecule has 1 N–H and O–H groups in total. The molecular weight excluding hydrogens is 204 g/mol. The first-order valence-electron chi connectivity index (χ1n) is 6.35. The van der Waals surface area contributed by atoms with Crippen molar-refractivity contribution in [3.05, 3.63) is 0 Å². The van der Waals surface area contributed by atoms with E-state index in [1.54, 1.807) is 0 Å². The monoisotopic (exact) mass is 228 g/mol. The molecule has 4 nitrogen and oxygen atoms in total. The summed E-state index contributed by atoms with van der Waals surface area (Å²) in [5.41, 5.74) is 0. The summed E-state index contributed by atoms with van der Waals surface area (Å²) in [6.45, 7) is 8.49. The number of nitrogens with zero attached hydrogens (tertiary/aromatic N) is 2. The largest absolute Gasteiger partial charge is 0.480 e. The molecule has 1 aliphatic rings. The van der Waals surface area contributed by atoms with Crippen molar-refractivity contribution in [3.63, 3.8) is 0 Å². The summed E-state index contributed by atoms with van der Waals surface area (Å²) < 4.78 is 0. The highest BCUT2D eigenvalue weighted by Crippen LogP contribution is 2.13. The molecule has 94 valence electrons. The van der Waals surface area contributed by atoms with Crippen LogP contribution in [0.15, 0.2) is 0 Å². The van der Waals surface area contributed by atoms with Crippen LogP contribution in [0.1, 0.15) is 33.1 Å². The third kappa shape index (κ3) is 4.10. The maximum absolute atomic E-state index is 10.6. The second-order valence-electron chi connectivity index (χ2n) is 4.56. The van der Waals surface area contributed by atoms with Gasteiger partial charge < -0.3 is 5.11 Å². The lowest BCUT2D eigenvalue weighted by molar-refractivity contribution is -0.138. The first-order chi connectivity index (χ1) is 7.67. The molecule has 1 saturated heterocycles. The second kappa shape index (κ2) is 6.86. The van der Waals surface area contributed by atoms with Crippen molar-refractivity contribution in [1.82, 2.24) is 9.80 Å². The Morgan fingerprint density at radius 3 is 2.31 bits per heavy atom. The van der Waals surface area contributed by atoms with E-state index in [-0.39, 0.29) is 6.54 Å². The quantitative estimate of drug-likeness (QED) is 0.743. The number of aliphatic carboxylic acids is 1. The SMILES string of the molecule is CCCC(CC)N1CCN(CC(=O)O)CC1. The van der Waals surface area contributed by atoms with E-state index < -0.39 is 5.97 Å². The molecule has 1 rings (SSSR count). The average molecular weight is 228 g/mol. The van der Waals surface area contributed by atoms with Gasteiger partial charge in [-0.3, -0.25) is 14.6 Å². The van der Waals surface area contributed by atoms with Gasteiger partial charge in [-0.25, -0.2) is 0 Å². The highest BCUT2D eigenvalue weighted by molar-refractivity contribution is 5.69. The second-order valence-corrected chi connectivity index (χ2v) is 4.56. The van der Waals surface area contributed by atoms with Gasteiger partial charge in [-0.15, -0.1) is 0 Å². The Morgan fingerprint density at radius 2 is 1.88 bits per heavy atom. The normalized spacial score (nSPS) is 20.9. The Balaban J connectivity index is 2.32. The predicted molar refractivity (Wildman–Crippen MR) is 64.6 cm³/mol. The Kier molecular flexibility index (Phi) is 5.77. The topological polar surface area (TPSA) is 43.8 Å². The lowest BCUT2D eigenvalue weighted by Gasteiger charge is -2.38. The Morgan fingerprint density at radius 1 is 1.25 bits per heavy atom. The Labute approximate surface area is 98.2 Å². The van der Waals surface area contributed by atoms with E-state index in [1.165, 1.54) is 19.3 Å². The number of carbonyl (C=O) groups is 1. The molecule has 0 aromatic carbocycles. The highest BCUT2D eigenvalue weighted by atomic mass is 16.4. The fourth-order valence-electron chi connectivity index (χ4n) is 2.46. The Bertz CT molecular complexity index is 213. The molecule has 0 saturated carbocycles. The third-order valence-corrected chi connectivity index (χ3v) is 3.38. The van der Waals surface area contributed by atoms with Crippen LogP contribution in [0.2, 0.25) is 0 Å². The van der Waals surface area contributed by atoms with Gasteiger partial charge in [0.2, 0.25) is 0 Å². The zero-order valence-corrected chi connectivity index (χ0v) is 10.5. The fourth-order valence-corrected chi connectivity index (χ4v) is 2.46. The molecule has 0 aromatic rings. The average Bonchev–Trinajstić information content (AvgIpc) is 2.26. The van der Waals surface area contributed by atoms with Crippen molar-refractivity contribution < 1.29 is 9.90 Å². The Hall–Kier alpha value is -0.610. The minimum atomic E-state index is -0.714. The van der Waals surface area contributed by atoms with E-state index in [1.807, 2.05) is 4.90 Å². The number of carboxylic acid groups (broad SMARTS) is 1. The van der Waals surface area contributed by atoms with E-state index >= 15 is 0 Å². The number of rotatable bonds is 6. The first kappa shape index (κ1) is 13.5. The molecule has 1 aliphatic heterocycles. The number of carboxylic acids is 1. The third-order valence-electron chi connectivity index (χ3n) is 3.38. The maximum Gasteiger partial charge on any atom is 0.317 e. The van der Waals surface area contributed by atoms with E-state index in [2.05, 4.69) is 18.7 Å². The van der Waals surface area contributed by atoms with Gasteiger partial charge in [-0.05, 0) is 12.8 Å². The molecule has 4 heteroatoms. The standard InChI is InChI=1S/C12H24N2O2/c1-3-5-11(4-2)14-8-6-13(7-9-14)10-12(15)16/h11H,3-10H2,1-2H3,(H,15,16). The fraction of sp³-hybridized carbons (Fsp3) is 0.917. The van der Waals surface area contributed by atoms with Gasteiger partial charge in [0.1, 0.15) is 0 Å². The molecule has 1 unspecified atom stereocenters. The molecule has 0 bridgehead atoms. The van der Waals surface area contributed by atoms with Crippen molar-refractivity contribution in [1.29, 1.82) is 0 Å². The summed E-state index contributed by atoms with van der Waals surface area (Å²) >= 11 is 0. The molecular formula is C12H24N2O2. The molecule has 0 radical (unpaired) electrons. The number of piperazine rings is 1. The van der Waals surface area contributed by atoms with Gasteiger partial charge in [0.05, 0.1) is 6.54 Å². The molecule has 16 heavy (non-hydrogen) atoms. The summed E-state index contributed by atoms with van der Waals surface area (Å²) in [5.74, 6) is -0.714. The zero-order chi connectivity index (χ0) is 12.0. The summed E-state index contributed by atoms with van der Waals surface area (Å²) in [5, 5.41) is 8.72. The molecule has 0 aliphatic carbocycles. The van der Waals surface area contributed by atoms with Gasteiger partial charge in [0.15, 0.2) is 0 Å². The lowest BCUT2D eigenvalue weighted by Crippen LogP contribution is -2.51. The minimum Gasteiger partial charge on any atom is -0.480 e. The van der Waals surface area contributed by atoms with Gasteiger partial charge >= 0.3 is 5.97 Å². The van der Waals surface area contributed by atoms with Crippen LogP contribution in [0.3, 0.4) is 0 Å². The zero-order valence-electron chi connectivity index (χ0n) is 10.5. The van der Waals surface area contributed by atoms with Crippen molar-refractivity contribution in [2.75, 3.05) is 32.7 Å². The van der Waals surface area contributed by atoms with E-state index in [0.29, 0.717) is 6.04 Å². The van der Waals surface area contributed by atoms with Crippen LogP contribution in [0.5, 0.6) is 0 Å². The van der Waals surface area contributed by atoms with Crippen LogP contribution in [-0.4, -0.2) is 59.6 Å². The molecule has 1 atom stereocenters. The van der Waals surface area contributed by atoms with E-state index in [9.17, 15) is 4.79 Å². The number of hydrogen-bond donors (Lipinski definition) is 1. The molecule has 1 fully saturated rings. The van der Waals surface area contributed by atoms with Crippen molar-refractivity contribution in [3.8, 4) is 0 Å². The number of hydrogen-bond acceptors (Lipinski definition) is 3. The van der Waals surface area contributed by atoms with Crippen molar-refractivity contribution in [2.24, 2.45) is 0 Å². The molecule has 0 spiro atoms. The van der Waals surface area contributed by atoms with Gasteiger partial charge in [-0.2, -0.15) is 0 Å². The van der Waals surface area contributed by atoms with E-state index in [4.69, 9.17) is 5.11 Å². The van der Waals surface area contributed by atoms with Crippen LogP contribution in [-0.2, 0) is 4.79 Å².